The number of aryl methyl sites for hydroxylation is 2. The van der Waals surface area contributed by atoms with E-state index in [1.807, 2.05) is 31.2 Å². The predicted molar refractivity (Wildman–Crippen MR) is 125 cm³/mol. The van der Waals surface area contributed by atoms with Gasteiger partial charge in [-0.3, -0.25) is 4.79 Å². The number of nitrogens with zero attached hydrogens (tertiary/aromatic N) is 3. The van der Waals surface area contributed by atoms with E-state index in [1.165, 1.54) is 35.1 Å². The van der Waals surface area contributed by atoms with Crippen LogP contribution in [0.1, 0.15) is 49.4 Å². The van der Waals surface area contributed by atoms with Crippen LogP contribution in [-0.2, 0) is 17.6 Å². The zero-order valence-corrected chi connectivity index (χ0v) is 19.1. The molecule has 0 saturated carbocycles. The van der Waals surface area contributed by atoms with E-state index in [2.05, 4.69) is 16.4 Å². The summed E-state index contributed by atoms with van der Waals surface area (Å²) >= 11 is 2.91. The number of hydrogen-bond acceptors (Lipinski definition) is 7. The predicted octanol–water partition coefficient (Wildman–Crippen LogP) is 5.35. The summed E-state index contributed by atoms with van der Waals surface area (Å²) in [6.07, 6.45) is 5.81. The summed E-state index contributed by atoms with van der Waals surface area (Å²) in [7, 11) is 0. The Hall–Kier alpha value is -2.63. The molecule has 0 atom stereocenters. The van der Waals surface area contributed by atoms with Crippen molar-refractivity contribution in [2.45, 2.75) is 50.5 Å². The highest BCUT2D eigenvalue weighted by Gasteiger charge is 2.15. The number of nitrogens with one attached hydrogen (secondary N) is 1. The van der Waals surface area contributed by atoms with Crippen LogP contribution in [0.15, 0.2) is 29.3 Å². The smallest absolute Gasteiger partial charge is 0.226 e. The lowest BCUT2D eigenvalue weighted by molar-refractivity contribution is -0.115. The molecule has 31 heavy (non-hydrogen) atoms. The number of thioether (sulfide) groups is 1. The van der Waals surface area contributed by atoms with Gasteiger partial charge in [-0.05, 0) is 62.4 Å². The molecule has 0 fully saturated rings. The first kappa shape index (κ1) is 21.6. The first-order valence-electron chi connectivity index (χ1n) is 10.5. The molecule has 1 N–H and O–H groups in total. The lowest BCUT2D eigenvalue weighted by Gasteiger charge is -2.09. The van der Waals surface area contributed by atoms with Crippen molar-refractivity contribution in [3.8, 4) is 11.8 Å². The van der Waals surface area contributed by atoms with Gasteiger partial charge in [0.25, 0.3) is 0 Å². The number of thiazole rings is 1. The van der Waals surface area contributed by atoms with Crippen LogP contribution >= 0.6 is 23.1 Å². The fourth-order valence-electron chi connectivity index (χ4n) is 3.62. The van der Waals surface area contributed by atoms with Gasteiger partial charge in [0.2, 0.25) is 5.91 Å². The minimum atomic E-state index is -0.0927. The second kappa shape index (κ2) is 10.1. The van der Waals surface area contributed by atoms with Gasteiger partial charge in [-0.15, -0.1) is 11.8 Å². The van der Waals surface area contributed by atoms with E-state index in [4.69, 9.17) is 9.72 Å². The van der Waals surface area contributed by atoms with E-state index in [9.17, 15) is 10.1 Å². The Bertz CT molecular complexity index is 1140. The summed E-state index contributed by atoms with van der Waals surface area (Å²) in [5.74, 6) is 1.27. The molecular weight excluding hydrogens is 428 g/mol. The number of rotatable bonds is 7. The van der Waals surface area contributed by atoms with E-state index >= 15 is 0 Å². The summed E-state index contributed by atoms with van der Waals surface area (Å²) in [4.78, 5) is 21.7. The number of aromatic nitrogens is 2. The van der Waals surface area contributed by atoms with Crippen molar-refractivity contribution in [2.75, 3.05) is 17.7 Å². The van der Waals surface area contributed by atoms with Crippen molar-refractivity contribution in [1.82, 2.24) is 9.97 Å². The summed E-state index contributed by atoms with van der Waals surface area (Å²) in [5, 5.41) is 13.7. The molecule has 8 heteroatoms. The zero-order valence-electron chi connectivity index (χ0n) is 17.4. The van der Waals surface area contributed by atoms with Crippen LogP contribution in [0.4, 0.5) is 5.13 Å². The van der Waals surface area contributed by atoms with Gasteiger partial charge in [-0.2, -0.15) is 5.26 Å². The van der Waals surface area contributed by atoms with Gasteiger partial charge >= 0.3 is 0 Å². The Morgan fingerprint density at radius 3 is 2.97 bits per heavy atom. The van der Waals surface area contributed by atoms with Gasteiger partial charge in [0, 0.05) is 17.9 Å². The Balaban J connectivity index is 1.36. The van der Waals surface area contributed by atoms with Gasteiger partial charge in [0.05, 0.1) is 22.4 Å². The number of carbonyl (C=O) groups excluding carboxylic acids is 1. The fraction of sp³-hybridized carbons (Fsp3) is 0.391. The van der Waals surface area contributed by atoms with Gasteiger partial charge in [0.1, 0.15) is 16.8 Å². The first-order valence-corrected chi connectivity index (χ1v) is 12.4. The number of benzene rings is 1. The molecule has 0 saturated heterocycles. The normalized spacial score (nSPS) is 13.3. The molecule has 3 aromatic rings. The molecule has 0 aliphatic heterocycles. The number of nitriles is 1. The highest BCUT2D eigenvalue weighted by atomic mass is 32.2. The molecule has 1 aromatic carbocycles. The fourth-order valence-corrected chi connectivity index (χ4v) is 5.44. The van der Waals surface area contributed by atoms with Crippen molar-refractivity contribution < 1.29 is 9.53 Å². The third kappa shape index (κ3) is 5.35. The van der Waals surface area contributed by atoms with Crippen LogP contribution in [0.5, 0.6) is 5.75 Å². The number of ether oxygens (including phenoxy) is 1. The average Bonchev–Trinajstić information content (AvgIpc) is 3.01. The lowest BCUT2D eigenvalue weighted by atomic mass is 10.1. The maximum atomic E-state index is 12.4. The quantitative estimate of drug-likeness (QED) is 0.384. The van der Waals surface area contributed by atoms with Crippen LogP contribution in [0.2, 0.25) is 0 Å². The Morgan fingerprint density at radius 1 is 1.26 bits per heavy atom. The molecule has 1 aliphatic rings. The van der Waals surface area contributed by atoms with E-state index in [0.29, 0.717) is 29.5 Å². The topological polar surface area (TPSA) is 87.9 Å². The van der Waals surface area contributed by atoms with E-state index in [0.717, 1.165) is 52.4 Å². The molecule has 2 aromatic heterocycles. The lowest BCUT2D eigenvalue weighted by Crippen LogP contribution is -2.12. The average molecular weight is 453 g/mol. The van der Waals surface area contributed by atoms with E-state index in [1.54, 1.807) is 0 Å². The van der Waals surface area contributed by atoms with Crippen LogP contribution < -0.4 is 10.1 Å². The Kier molecular flexibility index (Phi) is 7.05. The number of anilines is 1. The minimum Gasteiger partial charge on any atom is -0.494 e. The van der Waals surface area contributed by atoms with Gasteiger partial charge in [-0.25, -0.2) is 9.97 Å². The second-order valence-electron chi connectivity index (χ2n) is 7.35. The van der Waals surface area contributed by atoms with E-state index in [-0.39, 0.29) is 5.91 Å². The van der Waals surface area contributed by atoms with Gasteiger partial charge in [-0.1, -0.05) is 17.8 Å². The second-order valence-corrected chi connectivity index (χ2v) is 9.46. The molecular formula is C23H24N4O2S2. The molecule has 6 nitrogen and oxygen atoms in total. The van der Waals surface area contributed by atoms with E-state index < -0.39 is 0 Å². The van der Waals surface area contributed by atoms with Crippen molar-refractivity contribution in [3.63, 3.8) is 0 Å². The van der Waals surface area contributed by atoms with Gasteiger partial charge in [0.15, 0.2) is 5.13 Å². The van der Waals surface area contributed by atoms with Crippen molar-refractivity contribution in [3.05, 3.63) is 41.1 Å². The van der Waals surface area contributed by atoms with Crippen molar-refractivity contribution >= 4 is 44.4 Å². The summed E-state index contributed by atoms with van der Waals surface area (Å²) in [6, 6.07) is 9.99. The van der Waals surface area contributed by atoms with Crippen LogP contribution in [0, 0.1) is 11.3 Å². The third-order valence-corrected chi connectivity index (χ3v) is 7.05. The Labute approximate surface area is 190 Å². The number of hydrogen-bond donors (Lipinski definition) is 1. The molecule has 1 amide bonds. The summed E-state index contributed by atoms with van der Waals surface area (Å²) in [6.45, 7) is 2.55. The number of fused-ring (bicyclic) bond motifs is 2. The zero-order chi connectivity index (χ0) is 21.6. The van der Waals surface area contributed by atoms with Crippen LogP contribution in [0.3, 0.4) is 0 Å². The van der Waals surface area contributed by atoms with Crippen LogP contribution in [-0.4, -0.2) is 28.2 Å². The molecule has 0 unspecified atom stereocenters. The maximum Gasteiger partial charge on any atom is 0.226 e. The number of carbonyl (C=O) groups is 1. The maximum absolute atomic E-state index is 12.4. The highest BCUT2D eigenvalue weighted by Crippen LogP contribution is 2.30. The molecule has 0 bridgehead atoms. The number of amides is 1. The molecule has 1 aliphatic carbocycles. The standard InChI is InChI=1S/C23H24N4O2S2/c1-2-29-17-8-9-19-20(13-17)31-23(26-19)27-21(28)10-11-30-22-16(14-24)12-15-6-4-3-5-7-18(15)25-22/h8-9,12-13H,2-7,10-11H2,1H3,(H,26,27,28). The molecule has 160 valence electrons. The third-order valence-electron chi connectivity index (χ3n) is 5.12. The largest absolute Gasteiger partial charge is 0.494 e. The summed E-state index contributed by atoms with van der Waals surface area (Å²) in [5.41, 5.74) is 3.78. The van der Waals surface area contributed by atoms with Crippen molar-refractivity contribution in [2.24, 2.45) is 0 Å². The highest BCUT2D eigenvalue weighted by molar-refractivity contribution is 7.99. The van der Waals surface area contributed by atoms with Crippen molar-refractivity contribution in [1.29, 1.82) is 5.26 Å². The Morgan fingerprint density at radius 2 is 2.13 bits per heavy atom. The van der Waals surface area contributed by atoms with Gasteiger partial charge < -0.3 is 10.1 Å². The molecule has 0 spiro atoms. The molecule has 4 rings (SSSR count). The SMILES string of the molecule is CCOc1ccc2nc(NC(=O)CCSc3nc4c(cc3C#N)CCCCC4)sc2c1. The number of pyridine rings is 1. The molecule has 2 heterocycles. The molecule has 0 radical (unpaired) electrons. The van der Waals surface area contributed by atoms with Crippen LogP contribution in [0.25, 0.3) is 10.2 Å². The minimum absolute atomic E-state index is 0.0927. The first-order chi connectivity index (χ1) is 15.2. The monoisotopic (exact) mass is 452 g/mol. The summed E-state index contributed by atoms with van der Waals surface area (Å²) < 4.78 is 6.50.